The normalized spacial score (nSPS) is 17.9. The average Bonchev–Trinajstić information content (AvgIpc) is 2.99. The first-order chi connectivity index (χ1) is 9.13. The molecule has 19 heavy (non-hydrogen) atoms. The van der Waals surface area contributed by atoms with E-state index in [0.717, 1.165) is 5.56 Å². The first-order valence-corrected chi connectivity index (χ1v) is 7.03. The molecule has 1 aliphatic heterocycles. The number of hydrogen-bond acceptors (Lipinski definition) is 4. The highest BCUT2D eigenvalue weighted by Gasteiger charge is 2.37. The Kier molecular flexibility index (Phi) is 2.74. The molecule has 0 spiro atoms. The lowest BCUT2D eigenvalue weighted by molar-refractivity contribution is 0.0813. The van der Waals surface area contributed by atoms with Gasteiger partial charge >= 0.3 is 0 Å². The largest absolute Gasteiger partial charge is 0.463 e. The molecular weight excluding hydrogens is 264 g/mol. The van der Waals surface area contributed by atoms with Crippen molar-refractivity contribution in [1.29, 1.82) is 0 Å². The van der Waals surface area contributed by atoms with Crippen molar-refractivity contribution in [1.82, 2.24) is 9.88 Å². The van der Waals surface area contributed by atoms with Crippen LogP contribution in [0, 0.1) is 0 Å². The Morgan fingerprint density at radius 1 is 1.42 bits per heavy atom. The van der Waals surface area contributed by atoms with Gasteiger partial charge in [0.25, 0.3) is 5.91 Å². The van der Waals surface area contributed by atoms with Crippen molar-refractivity contribution >= 4 is 17.7 Å². The second kappa shape index (κ2) is 4.31. The molecule has 3 rings (SSSR count). The number of carbonyl (C=O) groups excluding carboxylic acids is 1. The Morgan fingerprint density at radius 3 is 2.84 bits per heavy atom. The Balaban J connectivity index is 2.32. The number of carbonyl (C=O) groups is 1. The number of furan rings is 1. The summed E-state index contributed by atoms with van der Waals surface area (Å²) in [6.45, 7) is 0. The van der Waals surface area contributed by atoms with Crippen LogP contribution in [0.3, 0.4) is 0 Å². The number of fused-ring (bicyclic) bond motifs is 1. The van der Waals surface area contributed by atoms with E-state index in [2.05, 4.69) is 4.98 Å². The second-order valence-electron chi connectivity index (χ2n) is 4.32. The Bertz CT molecular complexity index is 690. The highest BCUT2D eigenvalue weighted by molar-refractivity contribution is 7.98. The maximum Gasteiger partial charge on any atom is 0.255 e. The maximum absolute atomic E-state index is 12.2. The molecule has 0 aromatic carbocycles. The minimum Gasteiger partial charge on any atom is -0.463 e. The maximum atomic E-state index is 12.2. The minimum absolute atomic E-state index is 0.112. The molecule has 2 aromatic heterocycles. The van der Waals surface area contributed by atoms with E-state index >= 15 is 0 Å². The van der Waals surface area contributed by atoms with Crippen LogP contribution in [0.5, 0.6) is 0 Å². The van der Waals surface area contributed by atoms with Crippen LogP contribution in [0.25, 0.3) is 11.5 Å². The molecule has 0 bridgehead atoms. The van der Waals surface area contributed by atoms with Crippen LogP contribution >= 0.6 is 11.8 Å². The summed E-state index contributed by atoms with van der Waals surface area (Å²) in [4.78, 5) is 28.3. The molecule has 1 amide bonds. The molecule has 3 heterocycles. The van der Waals surface area contributed by atoms with E-state index in [1.165, 1.54) is 6.07 Å². The molecule has 6 heteroatoms. The van der Waals surface area contributed by atoms with Gasteiger partial charge in [-0.3, -0.25) is 9.59 Å². The molecular formula is C13H12N2O3S. The van der Waals surface area contributed by atoms with Crippen LogP contribution in [0.2, 0.25) is 0 Å². The van der Waals surface area contributed by atoms with Crippen molar-refractivity contribution in [3.63, 3.8) is 0 Å². The number of aromatic nitrogens is 1. The fourth-order valence-electron chi connectivity index (χ4n) is 2.38. The molecule has 1 aliphatic rings. The molecule has 2 aromatic rings. The van der Waals surface area contributed by atoms with Gasteiger partial charge in [0.15, 0.2) is 5.76 Å². The first kappa shape index (κ1) is 12.1. The van der Waals surface area contributed by atoms with Crippen LogP contribution in [-0.2, 0) is 0 Å². The molecule has 0 aliphatic carbocycles. The van der Waals surface area contributed by atoms with Crippen molar-refractivity contribution in [2.45, 2.75) is 5.37 Å². The summed E-state index contributed by atoms with van der Waals surface area (Å²) in [5, 5.41) is -0.112. The van der Waals surface area contributed by atoms with Crippen molar-refractivity contribution in [2.24, 2.45) is 0 Å². The number of H-pyrrole nitrogens is 1. The van der Waals surface area contributed by atoms with Gasteiger partial charge in [-0.05, 0) is 18.4 Å². The third-order valence-corrected chi connectivity index (χ3v) is 4.22. The number of hydrogen-bond donors (Lipinski definition) is 1. The number of aromatic amines is 1. The van der Waals surface area contributed by atoms with Gasteiger partial charge in [0.2, 0.25) is 5.56 Å². The van der Waals surface area contributed by atoms with Crippen LogP contribution in [0.15, 0.2) is 33.7 Å². The van der Waals surface area contributed by atoms with Crippen molar-refractivity contribution < 1.29 is 9.21 Å². The van der Waals surface area contributed by atoms with Crippen molar-refractivity contribution in [2.75, 3.05) is 13.3 Å². The van der Waals surface area contributed by atoms with Gasteiger partial charge in [-0.2, -0.15) is 0 Å². The Labute approximate surface area is 113 Å². The highest BCUT2D eigenvalue weighted by atomic mass is 32.2. The zero-order chi connectivity index (χ0) is 13.6. The van der Waals surface area contributed by atoms with E-state index in [0.29, 0.717) is 17.0 Å². The smallest absolute Gasteiger partial charge is 0.255 e. The SMILES string of the molecule is CSC1c2c(cc(=O)[nH]c2-c2ccco2)C(=O)N1C. The van der Waals surface area contributed by atoms with Crippen molar-refractivity contribution in [3.05, 3.63) is 45.9 Å². The summed E-state index contributed by atoms with van der Waals surface area (Å²) in [7, 11) is 1.74. The lowest BCUT2D eigenvalue weighted by Gasteiger charge is -2.19. The third kappa shape index (κ3) is 1.71. The Morgan fingerprint density at radius 2 is 2.21 bits per heavy atom. The fraction of sp³-hybridized carbons (Fsp3) is 0.231. The van der Waals surface area contributed by atoms with E-state index in [9.17, 15) is 9.59 Å². The number of nitrogens with one attached hydrogen (secondary N) is 1. The van der Waals surface area contributed by atoms with Gasteiger partial charge in [-0.15, -0.1) is 11.8 Å². The Hall–Kier alpha value is -1.95. The van der Waals surface area contributed by atoms with Crippen LogP contribution in [-0.4, -0.2) is 29.1 Å². The lowest BCUT2D eigenvalue weighted by Crippen LogP contribution is -2.21. The predicted octanol–water partition coefficient (Wildman–Crippen LogP) is 2.08. The van der Waals surface area contributed by atoms with Gasteiger partial charge in [0.1, 0.15) is 5.37 Å². The van der Waals surface area contributed by atoms with E-state index < -0.39 is 0 Å². The molecule has 98 valence electrons. The van der Waals surface area contributed by atoms with E-state index in [4.69, 9.17) is 4.42 Å². The summed E-state index contributed by atoms with van der Waals surface area (Å²) >= 11 is 1.55. The molecule has 0 saturated carbocycles. The first-order valence-electron chi connectivity index (χ1n) is 5.74. The summed E-state index contributed by atoms with van der Waals surface area (Å²) in [6.07, 6.45) is 3.47. The summed E-state index contributed by atoms with van der Waals surface area (Å²) in [5.41, 5.74) is 1.56. The van der Waals surface area contributed by atoms with E-state index in [-0.39, 0.29) is 16.8 Å². The number of amides is 1. The number of rotatable bonds is 2. The standard InChI is InChI=1S/C13H12N2O3S/c1-15-12(17)7-6-9(16)14-11(8-4-3-5-18-8)10(7)13(15)19-2/h3-6,13H,1-2H3,(H,14,16). The highest BCUT2D eigenvalue weighted by Crippen LogP contribution is 2.42. The second-order valence-corrected chi connectivity index (χ2v) is 5.24. The quantitative estimate of drug-likeness (QED) is 0.912. The number of nitrogens with zero attached hydrogens (tertiary/aromatic N) is 1. The van der Waals surface area contributed by atoms with Gasteiger partial charge in [-0.1, -0.05) is 0 Å². The average molecular weight is 276 g/mol. The zero-order valence-electron chi connectivity index (χ0n) is 10.5. The number of pyridine rings is 1. The molecule has 5 nitrogen and oxygen atoms in total. The van der Waals surface area contributed by atoms with E-state index in [1.54, 1.807) is 42.1 Å². The number of thioether (sulfide) groups is 1. The lowest BCUT2D eigenvalue weighted by atomic mass is 10.1. The molecule has 0 saturated heterocycles. The summed E-state index contributed by atoms with van der Waals surface area (Å²) < 4.78 is 5.35. The van der Waals surface area contributed by atoms with Crippen LogP contribution < -0.4 is 5.56 Å². The van der Waals surface area contributed by atoms with Crippen LogP contribution in [0.4, 0.5) is 0 Å². The molecule has 1 N–H and O–H groups in total. The van der Waals surface area contributed by atoms with Crippen molar-refractivity contribution in [3.8, 4) is 11.5 Å². The molecule has 0 radical (unpaired) electrons. The molecule has 1 atom stereocenters. The predicted molar refractivity (Wildman–Crippen MR) is 73.1 cm³/mol. The summed E-state index contributed by atoms with van der Waals surface area (Å²) in [5.74, 6) is 0.435. The fourth-order valence-corrected chi connectivity index (χ4v) is 3.28. The monoisotopic (exact) mass is 276 g/mol. The van der Waals surface area contributed by atoms with Gasteiger partial charge in [0.05, 0.1) is 17.5 Å². The van der Waals surface area contributed by atoms with E-state index in [1.807, 2.05) is 6.26 Å². The van der Waals surface area contributed by atoms with Crippen LogP contribution in [0.1, 0.15) is 21.3 Å². The molecule has 1 unspecified atom stereocenters. The summed E-state index contributed by atoms with van der Waals surface area (Å²) in [6, 6.07) is 4.88. The molecule has 0 fully saturated rings. The van der Waals surface area contributed by atoms with Gasteiger partial charge in [0, 0.05) is 18.7 Å². The van der Waals surface area contributed by atoms with Gasteiger partial charge in [-0.25, -0.2) is 0 Å². The topological polar surface area (TPSA) is 66.3 Å². The third-order valence-electron chi connectivity index (χ3n) is 3.22. The zero-order valence-corrected chi connectivity index (χ0v) is 11.3. The minimum atomic E-state index is -0.298. The van der Waals surface area contributed by atoms with Gasteiger partial charge < -0.3 is 14.3 Å².